The van der Waals surface area contributed by atoms with Crippen LogP contribution in [0.4, 0.5) is 4.79 Å². The minimum Gasteiger partial charge on any atom is -0.461 e. The van der Waals surface area contributed by atoms with Crippen LogP contribution in [0, 0.1) is 5.92 Å². The van der Waals surface area contributed by atoms with Gasteiger partial charge in [-0.2, -0.15) is 0 Å². The summed E-state index contributed by atoms with van der Waals surface area (Å²) in [5.74, 6) is -1.67. The van der Waals surface area contributed by atoms with Gasteiger partial charge < -0.3 is 14.2 Å². The molecule has 2 aliphatic rings. The average Bonchev–Trinajstić information content (AvgIpc) is 3.77. The third-order valence-corrected chi connectivity index (χ3v) is 7.65. The average molecular weight is 607 g/mol. The van der Waals surface area contributed by atoms with E-state index in [4.69, 9.17) is 14.2 Å². The van der Waals surface area contributed by atoms with Crippen LogP contribution in [0.5, 0.6) is 0 Å². The van der Waals surface area contributed by atoms with Gasteiger partial charge in [-0.1, -0.05) is 45.1 Å². The van der Waals surface area contributed by atoms with E-state index < -0.39 is 30.3 Å². The summed E-state index contributed by atoms with van der Waals surface area (Å²) in [6.45, 7) is 10.9. The Morgan fingerprint density at radius 2 is 1.86 bits per heavy atom. The third-order valence-electron chi connectivity index (χ3n) is 6.85. The number of cyclic esters (lactones) is 1. The minimum absolute atomic E-state index is 0.0808. The van der Waals surface area contributed by atoms with E-state index in [1.165, 1.54) is 11.3 Å². The molecule has 234 valence electrons. The maximum absolute atomic E-state index is 12.8. The molecule has 1 amide bonds. The summed E-state index contributed by atoms with van der Waals surface area (Å²) in [5.41, 5.74) is 0.710. The van der Waals surface area contributed by atoms with Crippen LogP contribution >= 0.6 is 11.3 Å². The van der Waals surface area contributed by atoms with Crippen molar-refractivity contribution >= 4 is 29.2 Å². The number of esters is 1. The zero-order valence-corrected chi connectivity index (χ0v) is 26.7. The molecule has 0 aromatic carbocycles. The first-order valence-corrected chi connectivity index (χ1v) is 15.6. The van der Waals surface area contributed by atoms with Crippen LogP contribution in [-0.4, -0.2) is 99.9 Å². The van der Waals surface area contributed by atoms with Crippen LogP contribution in [0.3, 0.4) is 0 Å². The summed E-state index contributed by atoms with van der Waals surface area (Å²) in [6.07, 6.45) is 8.04. The number of allylic oxidation sites excluding steroid dienone is 1. The maximum atomic E-state index is 12.8. The molecule has 2 saturated heterocycles. The fourth-order valence-electron chi connectivity index (χ4n) is 4.62. The number of ether oxygens (including phenoxy) is 3. The van der Waals surface area contributed by atoms with Crippen molar-refractivity contribution in [2.75, 3.05) is 33.9 Å². The predicted molar refractivity (Wildman–Crippen MR) is 161 cm³/mol. The second kappa shape index (κ2) is 18.4. The Balaban J connectivity index is 0.00000148. The highest BCUT2D eigenvalue weighted by Gasteiger charge is 2.44. The number of methoxy groups -OCH3 is 1. The summed E-state index contributed by atoms with van der Waals surface area (Å²) in [5, 5.41) is 11.0. The van der Waals surface area contributed by atoms with Crippen molar-refractivity contribution in [1.82, 2.24) is 29.8 Å². The first-order chi connectivity index (χ1) is 20.4. The van der Waals surface area contributed by atoms with Gasteiger partial charge in [0.15, 0.2) is 6.10 Å². The Hall–Kier alpha value is -3.16. The standard InChI is InChI=1S/C25H34N6O6S.2C2H6/c1-17-20(32)9-8-18(35-3)7-6-11-29(2)23-21(16-36-24(17)33)37-25(34)31(23)13-5-4-12-30-15-19(27-28-30)22-26-10-14-38-22;2*1-2/h4-5,10,14-15,17-18,21,23H,6-9,11-13,16H2,1-3H3;2*1-2H3/b5-4+;;/t17?,18?,21?,23-;;/m0../s1. The molecule has 0 spiro atoms. The van der Waals surface area contributed by atoms with Crippen LogP contribution in [-0.2, 0) is 30.3 Å². The quantitative estimate of drug-likeness (QED) is 0.265. The zero-order valence-electron chi connectivity index (χ0n) is 25.9. The van der Waals surface area contributed by atoms with E-state index in [1.54, 1.807) is 29.8 Å². The molecule has 3 unspecified atom stereocenters. The zero-order chi connectivity index (χ0) is 31.1. The molecule has 2 aromatic heterocycles. The van der Waals surface area contributed by atoms with Crippen LogP contribution in [0.25, 0.3) is 10.7 Å². The van der Waals surface area contributed by atoms with Gasteiger partial charge in [0.25, 0.3) is 0 Å². The molecule has 0 radical (unpaired) electrons. The van der Waals surface area contributed by atoms with E-state index in [0.29, 0.717) is 31.7 Å². The van der Waals surface area contributed by atoms with Crippen molar-refractivity contribution in [3.63, 3.8) is 0 Å². The highest BCUT2D eigenvalue weighted by atomic mass is 32.1. The molecule has 0 aliphatic carbocycles. The number of nitrogens with zero attached hydrogens (tertiary/aromatic N) is 6. The van der Waals surface area contributed by atoms with Crippen molar-refractivity contribution in [3.8, 4) is 10.7 Å². The number of fused-ring (bicyclic) bond motifs is 1. The summed E-state index contributed by atoms with van der Waals surface area (Å²) in [6, 6.07) is 0. The Labute approximate surface area is 253 Å². The molecule has 4 heterocycles. The molecule has 0 N–H and O–H groups in total. The topological polar surface area (TPSA) is 129 Å². The smallest absolute Gasteiger partial charge is 0.411 e. The van der Waals surface area contributed by atoms with Gasteiger partial charge in [0.05, 0.1) is 18.8 Å². The molecule has 4 atom stereocenters. The first kappa shape index (κ1) is 35.0. The fourth-order valence-corrected chi connectivity index (χ4v) is 5.21. The van der Waals surface area contributed by atoms with Gasteiger partial charge in [0.2, 0.25) is 0 Å². The SMILES string of the molecule is CC.CC.COC1CCCN(C)[C@@H]2C(COC(=O)C(C)C(=O)CC1)OC(=O)N2C/C=C/Cn1cc(-c2nccs2)nn1. The Morgan fingerprint density at radius 1 is 1.12 bits per heavy atom. The highest BCUT2D eigenvalue weighted by molar-refractivity contribution is 7.13. The molecule has 13 heteroatoms. The summed E-state index contributed by atoms with van der Waals surface area (Å²) >= 11 is 1.50. The van der Waals surface area contributed by atoms with E-state index in [0.717, 1.165) is 17.8 Å². The van der Waals surface area contributed by atoms with Crippen molar-refractivity contribution in [3.05, 3.63) is 29.9 Å². The number of carbonyl (C=O) groups is 3. The maximum Gasteiger partial charge on any atom is 0.411 e. The van der Waals surface area contributed by atoms with Crippen LogP contribution in [0.2, 0.25) is 0 Å². The van der Waals surface area contributed by atoms with Gasteiger partial charge in [0.1, 0.15) is 35.2 Å². The largest absolute Gasteiger partial charge is 0.461 e. The van der Waals surface area contributed by atoms with Crippen LogP contribution in [0.1, 0.15) is 60.3 Å². The van der Waals surface area contributed by atoms with Gasteiger partial charge >= 0.3 is 12.1 Å². The lowest BCUT2D eigenvalue weighted by molar-refractivity contribution is -0.154. The molecule has 2 aliphatic heterocycles. The second-order valence-electron chi connectivity index (χ2n) is 9.46. The molecule has 0 saturated carbocycles. The number of Topliss-reactive ketones (excluding diaryl/α,β-unsaturated/α-hetero) is 1. The highest BCUT2D eigenvalue weighted by Crippen LogP contribution is 2.25. The first-order valence-electron chi connectivity index (χ1n) is 14.7. The van der Waals surface area contributed by atoms with Crippen molar-refractivity contribution < 1.29 is 28.6 Å². The number of rotatable bonds is 6. The molecular formula is C29H46N6O6S. The van der Waals surface area contributed by atoms with E-state index in [2.05, 4.69) is 15.3 Å². The van der Waals surface area contributed by atoms with Gasteiger partial charge in [-0.3, -0.25) is 19.4 Å². The summed E-state index contributed by atoms with van der Waals surface area (Å²) < 4.78 is 18.3. The number of thiazole rings is 1. The molecule has 2 fully saturated rings. The van der Waals surface area contributed by atoms with Gasteiger partial charge in [-0.15, -0.1) is 16.4 Å². The molecular weight excluding hydrogens is 560 g/mol. The van der Waals surface area contributed by atoms with E-state index in [1.807, 2.05) is 63.4 Å². The van der Waals surface area contributed by atoms with E-state index >= 15 is 0 Å². The lowest BCUT2D eigenvalue weighted by Crippen LogP contribution is -2.50. The van der Waals surface area contributed by atoms with E-state index in [9.17, 15) is 14.4 Å². The second-order valence-corrected chi connectivity index (χ2v) is 10.4. The van der Waals surface area contributed by atoms with E-state index in [-0.39, 0.29) is 24.9 Å². The van der Waals surface area contributed by atoms with Crippen molar-refractivity contribution in [1.29, 1.82) is 0 Å². The number of likely N-dealkylation sites (N-methyl/N-ethyl adjacent to an activating group) is 1. The summed E-state index contributed by atoms with van der Waals surface area (Å²) in [7, 11) is 3.56. The number of aromatic nitrogens is 4. The number of hydrogen-bond donors (Lipinski definition) is 0. The number of carbonyl (C=O) groups excluding carboxylic acids is 3. The third kappa shape index (κ3) is 9.70. The molecule has 2 aromatic rings. The lowest BCUT2D eigenvalue weighted by Gasteiger charge is -2.32. The Kier molecular flexibility index (Phi) is 15.3. The lowest BCUT2D eigenvalue weighted by atomic mass is 9.99. The molecule has 4 rings (SSSR count). The van der Waals surface area contributed by atoms with Crippen molar-refractivity contribution in [2.24, 2.45) is 5.92 Å². The Morgan fingerprint density at radius 3 is 2.55 bits per heavy atom. The fraction of sp³-hybridized carbons (Fsp3) is 0.655. The Bertz CT molecular complexity index is 1120. The number of amides is 1. The number of ketones is 1. The molecule has 42 heavy (non-hydrogen) atoms. The normalized spacial score (nSPS) is 24.1. The minimum atomic E-state index is -0.879. The van der Waals surface area contributed by atoms with Crippen molar-refractivity contribution in [2.45, 2.75) is 85.2 Å². The van der Waals surface area contributed by atoms with Gasteiger partial charge in [-0.05, 0) is 33.2 Å². The molecule has 0 bridgehead atoms. The monoisotopic (exact) mass is 606 g/mol. The van der Waals surface area contributed by atoms with Gasteiger partial charge in [0, 0.05) is 38.2 Å². The predicted octanol–water partition coefficient (Wildman–Crippen LogP) is 4.43. The van der Waals surface area contributed by atoms with Crippen LogP contribution in [0.15, 0.2) is 29.9 Å². The summed E-state index contributed by atoms with van der Waals surface area (Å²) in [4.78, 5) is 45.7. The van der Waals surface area contributed by atoms with Crippen LogP contribution < -0.4 is 0 Å². The number of hydrogen-bond acceptors (Lipinski definition) is 11. The van der Waals surface area contributed by atoms with Gasteiger partial charge in [-0.25, -0.2) is 14.5 Å². The molecule has 12 nitrogen and oxygen atoms in total.